The van der Waals surface area contributed by atoms with Crippen molar-refractivity contribution in [2.45, 2.75) is 39.3 Å². The van der Waals surface area contributed by atoms with Crippen molar-refractivity contribution in [2.75, 3.05) is 5.73 Å². The Kier molecular flexibility index (Phi) is 5.69. The Morgan fingerprint density at radius 2 is 1.87 bits per heavy atom. The van der Waals surface area contributed by atoms with Crippen molar-refractivity contribution in [2.24, 2.45) is 0 Å². The second-order valence-electron chi connectivity index (χ2n) is 7.87. The number of aromatic nitrogens is 2. The summed E-state index contributed by atoms with van der Waals surface area (Å²) in [6.07, 6.45) is 3.47. The van der Waals surface area contributed by atoms with Crippen LogP contribution in [-0.4, -0.2) is 27.6 Å². The van der Waals surface area contributed by atoms with Crippen LogP contribution in [0.2, 0.25) is 5.02 Å². The zero-order chi connectivity index (χ0) is 22.1. The number of carbonyl (C=O) groups is 2. The highest BCUT2D eigenvalue weighted by Gasteiger charge is 2.24. The summed E-state index contributed by atoms with van der Waals surface area (Å²) in [6.45, 7) is 4.14. The van der Waals surface area contributed by atoms with Crippen molar-refractivity contribution < 1.29 is 9.59 Å². The molecule has 31 heavy (non-hydrogen) atoms. The van der Waals surface area contributed by atoms with Crippen molar-refractivity contribution >= 4 is 29.2 Å². The number of carbonyl (C=O) groups excluding carboxylic acids is 2. The fourth-order valence-electron chi connectivity index (χ4n) is 3.22. The second kappa shape index (κ2) is 8.43. The number of amides is 2. The largest absolute Gasteiger partial charge is 0.383 e. The van der Waals surface area contributed by atoms with Gasteiger partial charge in [0.1, 0.15) is 11.4 Å². The Hall–Kier alpha value is -3.32. The number of hydrogen-bond donors (Lipinski definition) is 3. The smallest absolute Gasteiger partial charge is 0.256 e. The van der Waals surface area contributed by atoms with Gasteiger partial charge in [-0.25, -0.2) is 4.68 Å². The van der Waals surface area contributed by atoms with Crippen molar-refractivity contribution in [1.82, 2.24) is 20.4 Å². The fraction of sp³-hybridized carbons (Fsp3) is 0.261. The number of nitrogens with zero attached hydrogens (tertiary/aromatic N) is 2. The van der Waals surface area contributed by atoms with E-state index in [1.807, 2.05) is 38.1 Å². The maximum absolute atomic E-state index is 12.7. The summed E-state index contributed by atoms with van der Waals surface area (Å²) in [7, 11) is 0. The lowest BCUT2D eigenvalue weighted by Crippen LogP contribution is -2.25. The highest BCUT2D eigenvalue weighted by molar-refractivity contribution is 6.31. The van der Waals surface area contributed by atoms with Crippen molar-refractivity contribution in [3.8, 4) is 5.69 Å². The molecule has 7 nitrogen and oxygen atoms in total. The molecule has 8 heteroatoms. The van der Waals surface area contributed by atoms with E-state index in [-0.39, 0.29) is 29.2 Å². The van der Waals surface area contributed by atoms with Crippen LogP contribution in [0.4, 0.5) is 5.82 Å². The minimum absolute atomic E-state index is 0.121. The van der Waals surface area contributed by atoms with Gasteiger partial charge >= 0.3 is 0 Å². The van der Waals surface area contributed by atoms with Gasteiger partial charge in [0.2, 0.25) is 0 Å². The van der Waals surface area contributed by atoms with E-state index in [9.17, 15) is 9.59 Å². The van der Waals surface area contributed by atoms with Gasteiger partial charge in [0.05, 0.1) is 11.9 Å². The minimum Gasteiger partial charge on any atom is -0.383 e. The third-order valence-corrected chi connectivity index (χ3v) is 5.76. The van der Waals surface area contributed by atoms with E-state index in [4.69, 9.17) is 17.3 Å². The molecule has 2 amide bonds. The molecule has 1 aliphatic rings. The minimum atomic E-state index is -0.333. The number of anilines is 1. The molecular weight excluding hydrogens is 414 g/mol. The summed E-state index contributed by atoms with van der Waals surface area (Å²) < 4.78 is 1.49. The first-order chi connectivity index (χ1) is 14.8. The van der Waals surface area contributed by atoms with E-state index in [2.05, 4.69) is 15.7 Å². The number of aryl methyl sites for hydroxylation is 2. The Morgan fingerprint density at radius 1 is 1.13 bits per heavy atom. The zero-order valence-corrected chi connectivity index (χ0v) is 18.2. The maximum atomic E-state index is 12.7. The van der Waals surface area contributed by atoms with Gasteiger partial charge in [-0.2, -0.15) is 5.10 Å². The van der Waals surface area contributed by atoms with Crippen LogP contribution in [-0.2, 0) is 6.54 Å². The summed E-state index contributed by atoms with van der Waals surface area (Å²) in [5, 5.41) is 10.8. The molecule has 160 valence electrons. The Morgan fingerprint density at radius 3 is 2.58 bits per heavy atom. The van der Waals surface area contributed by atoms with Crippen molar-refractivity contribution in [3.05, 3.63) is 75.4 Å². The molecule has 2 aromatic carbocycles. The quantitative estimate of drug-likeness (QED) is 0.548. The number of nitrogen functional groups attached to an aromatic ring is 1. The molecule has 1 aromatic heterocycles. The van der Waals surface area contributed by atoms with Crippen LogP contribution in [0.15, 0.2) is 42.6 Å². The number of benzene rings is 2. The van der Waals surface area contributed by atoms with Gasteiger partial charge in [-0.15, -0.1) is 0 Å². The van der Waals surface area contributed by atoms with Gasteiger partial charge < -0.3 is 16.4 Å². The van der Waals surface area contributed by atoms with Crippen LogP contribution in [0.25, 0.3) is 5.69 Å². The molecule has 1 fully saturated rings. The first-order valence-corrected chi connectivity index (χ1v) is 10.5. The molecule has 0 radical (unpaired) electrons. The maximum Gasteiger partial charge on any atom is 0.256 e. The number of nitrogens with one attached hydrogen (secondary N) is 2. The van der Waals surface area contributed by atoms with Gasteiger partial charge in [0, 0.05) is 23.2 Å². The summed E-state index contributed by atoms with van der Waals surface area (Å²) in [5.74, 6) is -0.243. The van der Waals surface area contributed by atoms with E-state index < -0.39 is 0 Å². The van der Waals surface area contributed by atoms with Crippen molar-refractivity contribution in [1.29, 1.82) is 0 Å². The van der Waals surface area contributed by atoms with Crippen molar-refractivity contribution in [3.63, 3.8) is 0 Å². The lowest BCUT2D eigenvalue weighted by Gasteiger charge is -2.11. The molecule has 1 heterocycles. The molecule has 0 bridgehead atoms. The first-order valence-electron chi connectivity index (χ1n) is 10.1. The van der Waals surface area contributed by atoms with Gasteiger partial charge in [-0.1, -0.05) is 29.8 Å². The molecule has 0 unspecified atom stereocenters. The summed E-state index contributed by atoms with van der Waals surface area (Å²) in [6, 6.07) is 11.3. The Bertz CT molecular complexity index is 1170. The number of nitrogens with two attached hydrogens (primary N) is 1. The third-order valence-electron chi connectivity index (χ3n) is 5.35. The third kappa shape index (κ3) is 4.56. The molecular formula is C23H24ClN5O2. The molecule has 1 saturated carbocycles. The predicted octanol–water partition coefficient (Wildman–Crippen LogP) is 3.55. The molecule has 3 aromatic rings. The number of rotatable bonds is 6. The normalized spacial score (nSPS) is 13.1. The average molecular weight is 438 g/mol. The fourth-order valence-corrected chi connectivity index (χ4v) is 3.43. The van der Waals surface area contributed by atoms with Gasteiger partial charge in [-0.05, 0) is 61.6 Å². The molecule has 0 aliphatic heterocycles. The van der Waals surface area contributed by atoms with E-state index in [1.165, 1.54) is 10.9 Å². The predicted molar refractivity (Wildman–Crippen MR) is 121 cm³/mol. The SMILES string of the molecule is Cc1ccc(CNC(=O)c2cnn(-c3cc(C(=O)NC4CC4)ccc3C)c2N)cc1Cl. The van der Waals surface area contributed by atoms with E-state index in [1.54, 1.807) is 12.1 Å². The topological polar surface area (TPSA) is 102 Å². The summed E-state index contributed by atoms with van der Waals surface area (Å²) >= 11 is 6.15. The van der Waals surface area contributed by atoms with E-state index >= 15 is 0 Å². The molecule has 0 atom stereocenters. The Balaban J connectivity index is 1.52. The summed E-state index contributed by atoms with van der Waals surface area (Å²) in [4.78, 5) is 25.1. The van der Waals surface area contributed by atoms with Crippen LogP contribution in [0, 0.1) is 13.8 Å². The summed E-state index contributed by atoms with van der Waals surface area (Å²) in [5.41, 5.74) is 10.5. The Labute approximate surface area is 185 Å². The standard InChI is InChI=1S/C23H24ClN5O2/c1-13-3-5-15(9-19(13)24)11-26-23(31)18-12-27-29(21(18)25)20-10-16(6-4-14(20)2)22(30)28-17-7-8-17/h3-6,9-10,12,17H,7-8,11,25H2,1-2H3,(H,26,31)(H,28,30). The lowest BCUT2D eigenvalue weighted by molar-refractivity contribution is 0.0943. The number of hydrogen-bond acceptors (Lipinski definition) is 4. The molecule has 0 saturated heterocycles. The molecule has 0 spiro atoms. The van der Waals surface area contributed by atoms with Crippen LogP contribution >= 0.6 is 11.6 Å². The monoisotopic (exact) mass is 437 g/mol. The molecule has 4 rings (SSSR count). The van der Waals surface area contributed by atoms with Gasteiger partial charge in [-0.3, -0.25) is 9.59 Å². The molecule has 1 aliphatic carbocycles. The lowest BCUT2D eigenvalue weighted by atomic mass is 10.1. The van der Waals surface area contributed by atoms with E-state index in [0.717, 1.165) is 29.5 Å². The van der Waals surface area contributed by atoms with Crippen LogP contribution in [0.3, 0.4) is 0 Å². The average Bonchev–Trinajstić information content (AvgIpc) is 3.48. The highest BCUT2D eigenvalue weighted by atomic mass is 35.5. The van der Waals surface area contributed by atoms with Gasteiger partial charge in [0.25, 0.3) is 11.8 Å². The van der Waals surface area contributed by atoms with Crippen LogP contribution in [0.1, 0.15) is 50.2 Å². The second-order valence-corrected chi connectivity index (χ2v) is 8.28. The number of halogens is 1. The highest BCUT2D eigenvalue weighted by Crippen LogP contribution is 2.23. The van der Waals surface area contributed by atoms with Crippen LogP contribution < -0.4 is 16.4 Å². The zero-order valence-electron chi connectivity index (χ0n) is 17.4. The van der Waals surface area contributed by atoms with E-state index in [0.29, 0.717) is 22.8 Å². The first kappa shape index (κ1) is 20.9. The molecule has 4 N–H and O–H groups in total. The van der Waals surface area contributed by atoms with Crippen LogP contribution in [0.5, 0.6) is 0 Å². The van der Waals surface area contributed by atoms with Gasteiger partial charge in [0.15, 0.2) is 0 Å².